The summed E-state index contributed by atoms with van der Waals surface area (Å²) in [5.41, 5.74) is -0.325. The molecule has 1 N–H and O–H groups in total. The Morgan fingerprint density at radius 1 is 1.47 bits per heavy atom. The highest BCUT2D eigenvalue weighted by Gasteiger charge is 2.17. The van der Waals surface area contributed by atoms with Gasteiger partial charge in [0.2, 0.25) is 0 Å². The summed E-state index contributed by atoms with van der Waals surface area (Å²) in [7, 11) is 1.66. The number of benzene rings is 1. The first kappa shape index (κ1) is 13.4. The molecule has 1 aromatic heterocycles. The average molecular weight is 287 g/mol. The van der Waals surface area contributed by atoms with E-state index >= 15 is 0 Å². The molecule has 100 valence electrons. The standard InChI is InChI=1S/C11H9ClF2N4O/c1-18-8(16-5-17-18)4-15-11(19)6-2-3-7(13)9(12)10(6)14/h2-3,5H,4H2,1H3,(H,15,19). The topological polar surface area (TPSA) is 59.8 Å². The summed E-state index contributed by atoms with van der Waals surface area (Å²) in [5, 5.41) is 5.56. The van der Waals surface area contributed by atoms with Crippen molar-refractivity contribution >= 4 is 17.5 Å². The normalized spacial score (nSPS) is 10.5. The molecule has 8 heteroatoms. The molecule has 1 heterocycles. The number of aromatic nitrogens is 3. The first-order valence-corrected chi connectivity index (χ1v) is 5.63. The molecule has 0 spiro atoms. The van der Waals surface area contributed by atoms with Crippen LogP contribution >= 0.6 is 11.6 Å². The van der Waals surface area contributed by atoms with Gasteiger partial charge in [-0.15, -0.1) is 0 Å². The van der Waals surface area contributed by atoms with E-state index in [4.69, 9.17) is 11.6 Å². The lowest BCUT2D eigenvalue weighted by molar-refractivity contribution is 0.0945. The van der Waals surface area contributed by atoms with Crippen LogP contribution in [0.15, 0.2) is 18.5 Å². The van der Waals surface area contributed by atoms with Gasteiger partial charge < -0.3 is 5.32 Å². The smallest absolute Gasteiger partial charge is 0.254 e. The monoisotopic (exact) mass is 286 g/mol. The van der Waals surface area contributed by atoms with Gasteiger partial charge in [0.1, 0.15) is 23.0 Å². The molecule has 0 aliphatic carbocycles. The zero-order valence-electron chi connectivity index (χ0n) is 9.82. The highest BCUT2D eigenvalue weighted by Crippen LogP contribution is 2.21. The first-order valence-electron chi connectivity index (χ1n) is 5.25. The van der Waals surface area contributed by atoms with E-state index in [1.165, 1.54) is 11.0 Å². The molecule has 0 saturated heterocycles. The van der Waals surface area contributed by atoms with Crippen molar-refractivity contribution in [3.63, 3.8) is 0 Å². The molecule has 0 aliphatic heterocycles. The number of halogens is 3. The van der Waals surface area contributed by atoms with Crippen LogP contribution in [0.3, 0.4) is 0 Å². The number of nitrogens with zero attached hydrogens (tertiary/aromatic N) is 3. The number of amides is 1. The van der Waals surface area contributed by atoms with E-state index in [0.717, 1.165) is 12.1 Å². The van der Waals surface area contributed by atoms with Crippen LogP contribution in [0.2, 0.25) is 5.02 Å². The molecule has 0 fully saturated rings. The van der Waals surface area contributed by atoms with Gasteiger partial charge in [-0.25, -0.2) is 13.8 Å². The second kappa shape index (κ2) is 5.31. The summed E-state index contributed by atoms with van der Waals surface area (Å²) in [5.74, 6) is -2.20. The Kier molecular flexibility index (Phi) is 3.75. The van der Waals surface area contributed by atoms with E-state index in [0.29, 0.717) is 5.82 Å². The Morgan fingerprint density at radius 3 is 2.84 bits per heavy atom. The van der Waals surface area contributed by atoms with E-state index in [-0.39, 0.29) is 12.1 Å². The molecule has 2 aromatic rings. The SMILES string of the molecule is Cn1ncnc1CNC(=O)c1ccc(F)c(Cl)c1F. The van der Waals surface area contributed by atoms with Crippen LogP contribution in [0, 0.1) is 11.6 Å². The van der Waals surface area contributed by atoms with Crippen molar-refractivity contribution in [2.45, 2.75) is 6.54 Å². The average Bonchev–Trinajstić information content (AvgIpc) is 2.79. The Morgan fingerprint density at radius 2 is 2.21 bits per heavy atom. The number of hydrogen-bond donors (Lipinski definition) is 1. The number of carbonyl (C=O) groups is 1. The second-order valence-corrected chi connectivity index (χ2v) is 4.08. The lowest BCUT2D eigenvalue weighted by atomic mass is 10.2. The minimum absolute atomic E-state index is 0.0732. The zero-order chi connectivity index (χ0) is 14.0. The van der Waals surface area contributed by atoms with Gasteiger partial charge in [-0.05, 0) is 12.1 Å². The molecule has 0 bridgehead atoms. The lowest BCUT2D eigenvalue weighted by Gasteiger charge is -2.06. The highest BCUT2D eigenvalue weighted by atomic mass is 35.5. The summed E-state index contributed by atoms with van der Waals surface area (Å²) >= 11 is 5.40. The third kappa shape index (κ3) is 2.70. The van der Waals surface area contributed by atoms with Crippen LogP contribution < -0.4 is 5.32 Å². The Hall–Kier alpha value is -2.02. The molecule has 0 unspecified atom stereocenters. The van der Waals surface area contributed by atoms with E-state index in [2.05, 4.69) is 15.4 Å². The van der Waals surface area contributed by atoms with Gasteiger partial charge in [0.05, 0.1) is 12.1 Å². The molecule has 2 rings (SSSR count). The predicted octanol–water partition coefficient (Wildman–Crippen LogP) is 1.68. The molecule has 1 amide bonds. The van der Waals surface area contributed by atoms with Gasteiger partial charge >= 0.3 is 0 Å². The molecule has 5 nitrogen and oxygen atoms in total. The second-order valence-electron chi connectivity index (χ2n) is 3.71. The third-order valence-electron chi connectivity index (χ3n) is 2.49. The maximum absolute atomic E-state index is 13.6. The van der Waals surface area contributed by atoms with Crippen molar-refractivity contribution in [2.24, 2.45) is 7.05 Å². The minimum Gasteiger partial charge on any atom is -0.345 e. The Balaban J connectivity index is 2.13. The van der Waals surface area contributed by atoms with Crippen molar-refractivity contribution in [3.8, 4) is 0 Å². The summed E-state index contributed by atoms with van der Waals surface area (Å²) in [6.45, 7) is 0.0732. The predicted molar refractivity (Wildman–Crippen MR) is 63.5 cm³/mol. The van der Waals surface area contributed by atoms with E-state index < -0.39 is 22.6 Å². The van der Waals surface area contributed by atoms with Gasteiger partial charge in [0, 0.05) is 7.05 Å². The summed E-state index contributed by atoms with van der Waals surface area (Å²) in [6, 6.07) is 1.96. The summed E-state index contributed by atoms with van der Waals surface area (Å²) < 4.78 is 28.0. The number of aryl methyl sites for hydroxylation is 1. The van der Waals surface area contributed by atoms with Crippen molar-refractivity contribution in [3.05, 3.63) is 46.5 Å². The van der Waals surface area contributed by atoms with E-state index in [1.807, 2.05) is 0 Å². The largest absolute Gasteiger partial charge is 0.345 e. The lowest BCUT2D eigenvalue weighted by Crippen LogP contribution is -2.25. The molecule has 0 saturated carbocycles. The fraction of sp³-hybridized carbons (Fsp3) is 0.182. The molecule has 0 aliphatic rings. The Bertz CT molecular complexity index is 629. The van der Waals surface area contributed by atoms with E-state index in [9.17, 15) is 13.6 Å². The summed E-state index contributed by atoms with van der Waals surface area (Å²) in [4.78, 5) is 15.6. The van der Waals surface area contributed by atoms with Crippen molar-refractivity contribution < 1.29 is 13.6 Å². The van der Waals surface area contributed by atoms with Crippen LogP contribution in [0.5, 0.6) is 0 Å². The zero-order valence-corrected chi connectivity index (χ0v) is 10.6. The maximum Gasteiger partial charge on any atom is 0.254 e. The van der Waals surface area contributed by atoms with Crippen molar-refractivity contribution in [1.82, 2.24) is 20.1 Å². The molecular weight excluding hydrogens is 278 g/mol. The van der Waals surface area contributed by atoms with Gasteiger partial charge in [-0.3, -0.25) is 9.48 Å². The van der Waals surface area contributed by atoms with Gasteiger partial charge in [-0.2, -0.15) is 5.10 Å². The Labute approximate surface area is 112 Å². The van der Waals surface area contributed by atoms with Crippen LogP contribution in [-0.4, -0.2) is 20.7 Å². The highest BCUT2D eigenvalue weighted by molar-refractivity contribution is 6.31. The van der Waals surface area contributed by atoms with Gasteiger partial charge in [0.25, 0.3) is 5.91 Å². The quantitative estimate of drug-likeness (QED) is 0.873. The number of rotatable bonds is 3. The molecule has 0 radical (unpaired) electrons. The van der Waals surface area contributed by atoms with Gasteiger partial charge in [-0.1, -0.05) is 11.6 Å². The van der Waals surface area contributed by atoms with Crippen LogP contribution in [0.4, 0.5) is 8.78 Å². The molecule has 0 atom stereocenters. The first-order chi connectivity index (χ1) is 9.00. The van der Waals surface area contributed by atoms with Crippen LogP contribution in [-0.2, 0) is 13.6 Å². The fourth-order valence-corrected chi connectivity index (χ4v) is 1.60. The van der Waals surface area contributed by atoms with Crippen molar-refractivity contribution in [2.75, 3.05) is 0 Å². The molecular formula is C11H9ClF2N4O. The van der Waals surface area contributed by atoms with Gasteiger partial charge in [0.15, 0.2) is 5.82 Å². The minimum atomic E-state index is -1.09. The van der Waals surface area contributed by atoms with Crippen LogP contribution in [0.25, 0.3) is 0 Å². The third-order valence-corrected chi connectivity index (χ3v) is 2.84. The number of hydrogen-bond acceptors (Lipinski definition) is 3. The number of nitrogens with one attached hydrogen (secondary N) is 1. The van der Waals surface area contributed by atoms with E-state index in [1.54, 1.807) is 7.05 Å². The van der Waals surface area contributed by atoms with Crippen LogP contribution in [0.1, 0.15) is 16.2 Å². The molecule has 19 heavy (non-hydrogen) atoms. The fourth-order valence-electron chi connectivity index (χ4n) is 1.44. The summed E-state index contributed by atoms with van der Waals surface area (Å²) in [6.07, 6.45) is 1.33. The van der Waals surface area contributed by atoms with Crippen molar-refractivity contribution in [1.29, 1.82) is 0 Å². The molecule has 1 aromatic carbocycles. The number of carbonyl (C=O) groups excluding carboxylic acids is 1. The maximum atomic E-state index is 13.6.